The van der Waals surface area contributed by atoms with Gasteiger partial charge < -0.3 is 14.7 Å². The number of likely N-dealkylation sites (tertiary alicyclic amines) is 1. The molecule has 0 aromatic carbocycles. The van der Waals surface area contributed by atoms with E-state index < -0.39 is 18.0 Å². The van der Waals surface area contributed by atoms with E-state index in [4.69, 9.17) is 9.84 Å². The average Bonchev–Trinajstić information content (AvgIpc) is 2.69. The van der Waals surface area contributed by atoms with Crippen molar-refractivity contribution in [2.45, 2.75) is 25.3 Å². The number of nitrogens with zero attached hydrogens (tertiary/aromatic N) is 1. The molecule has 2 aliphatic rings. The van der Waals surface area contributed by atoms with E-state index in [-0.39, 0.29) is 25.1 Å². The number of amides is 1. The van der Waals surface area contributed by atoms with Gasteiger partial charge in [-0.05, 0) is 25.2 Å². The zero-order valence-corrected chi connectivity index (χ0v) is 9.67. The maximum absolute atomic E-state index is 11.8. The minimum atomic E-state index is -0.808. The molecule has 3 unspecified atom stereocenters. The molecule has 0 radical (unpaired) electrons. The molecular weight excluding hydrogens is 222 g/mol. The summed E-state index contributed by atoms with van der Waals surface area (Å²) in [7, 11) is 0. The highest BCUT2D eigenvalue weighted by atomic mass is 16.6. The van der Waals surface area contributed by atoms with Gasteiger partial charge in [-0.15, -0.1) is 0 Å². The van der Waals surface area contributed by atoms with E-state index in [1.54, 1.807) is 4.90 Å². The third kappa shape index (κ3) is 2.28. The van der Waals surface area contributed by atoms with E-state index in [9.17, 15) is 9.59 Å². The average molecular weight is 239 g/mol. The van der Waals surface area contributed by atoms with E-state index >= 15 is 0 Å². The van der Waals surface area contributed by atoms with Gasteiger partial charge in [0.15, 0.2) is 0 Å². The van der Waals surface area contributed by atoms with E-state index in [0.29, 0.717) is 0 Å². The standard InChI is InChI=1S/C12H17NO4/c1-2-5-17-12(16)13-7-10(11(14)15)8-3-4-9(13)6-8/h2,8-10H,1,3-7H2,(H,14,15). The Morgan fingerprint density at radius 1 is 1.47 bits per heavy atom. The summed E-state index contributed by atoms with van der Waals surface area (Å²) in [6.07, 6.45) is 3.67. The monoisotopic (exact) mass is 239 g/mol. The zero-order chi connectivity index (χ0) is 12.4. The number of hydrogen-bond donors (Lipinski definition) is 1. The summed E-state index contributed by atoms with van der Waals surface area (Å²) in [6, 6.07) is 0.160. The highest BCUT2D eigenvalue weighted by molar-refractivity contribution is 5.74. The predicted molar refractivity (Wildman–Crippen MR) is 60.5 cm³/mol. The van der Waals surface area contributed by atoms with E-state index in [1.165, 1.54) is 6.08 Å². The van der Waals surface area contributed by atoms with Crippen LogP contribution in [0.15, 0.2) is 12.7 Å². The molecule has 5 nitrogen and oxygen atoms in total. The van der Waals surface area contributed by atoms with Crippen molar-refractivity contribution in [3.05, 3.63) is 12.7 Å². The molecule has 1 aliphatic carbocycles. The summed E-state index contributed by atoms with van der Waals surface area (Å²) in [5.41, 5.74) is 0. The largest absolute Gasteiger partial charge is 0.481 e. The Labute approximate surface area is 100 Å². The Balaban J connectivity index is 2.04. The van der Waals surface area contributed by atoms with Gasteiger partial charge in [0.1, 0.15) is 6.61 Å². The molecule has 1 amide bonds. The lowest BCUT2D eigenvalue weighted by Gasteiger charge is -2.35. The number of piperidine rings is 1. The Morgan fingerprint density at radius 2 is 2.24 bits per heavy atom. The summed E-state index contributed by atoms with van der Waals surface area (Å²) >= 11 is 0. The SMILES string of the molecule is C=CCOC(=O)N1CC(C(=O)O)C2CCC1C2. The number of carbonyl (C=O) groups excluding carboxylic acids is 1. The van der Waals surface area contributed by atoms with Crippen LogP contribution in [0.25, 0.3) is 0 Å². The highest BCUT2D eigenvalue weighted by Crippen LogP contribution is 2.40. The van der Waals surface area contributed by atoms with Crippen LogP contribution in [0.1, 0.15) is 19.3 Å². The molecule has 1 aliphatic heterocycles. The minimum Gasteiger partial charge on any atom is -0.481 e. The molecule has 0 aromatic rings. The van der Waals surface area contributed by atoms with E-state index in [2.05, 4.69) is 6.58 Å². The molecule has 3 atom stereocenters. The van der Waals surface area contributed by atoms with Crippen LogP contribution in [0.4, 0.5) is 4.79 Å². The van der Waals surface area contributed by atoms with Gasteiger partial charge in [-0.1, -0.05) is 12.7 Å². The molecular formula is C12H17NO4. The van der Waals surface area contributed by atoms with Crippen molar-refractivity contribution in [3.8, 4) is 0 Å². The third-order valence-electron chi connectivity index (χ3n) is 3.73. The van der Waals surface area contributed by atoms with Crippen molar-refractivity contribution >= 4 is 12.1 Å². The number of aliphatic carboxylic acids is 1. The molecule has 94 valence electrons. The highest BCUT2D eigenvalue weighted by Gasteiger charge is 2.45. The Morgan fingerprint density at radius 3 is 2.88 bits per heavy atom. The molecule has 1 saturated carbocycles. The van der Waals surface area contributed by atoms with Crippen LogP contribution in [0.5, 0.6) is 0 Å². The summed E-state index contributed by atoms with van der Waals surface area (Å²) in [4.78, 5) is 24.5. The first kappa shape index (κ1) is 12.0. The first-order chi connectivity index (χ1) is 8.13. The van der Waals surface area contributed by atoms with Gasteiger partial charge in [0.25, 0.3) is 0 Å². The fraction of sp³-hybridized carbons (Fsp3) is 0.667. The molecule has 1 saturated heterocycles. The molecule has 1 N–H and O–H groups in total. The van der Waals surface area contributed by atoms with Crippen LogP contribution in [-0.4, -0.2) is 41.3 Å². The maximum Gasteiger partial charge on any atom is 0.410 e. The first-order valence-electron chi connectivity index (χ1n) is 5.90. The van der Waals surface area contributed by atoms with Crippen LogP contribution in [0, 0.1) is 11.8 Å². The predicted octanol–water partition coefficient (Wildman–Crippen LogP) is 1.49. The topological polar surface area (TPSA) is 66.8 Å². The van der Waals surface area contributed by atoms with Crippen LogP contribution in [0.2, 0.25) is 0 Å². The Hall–Kier alpha value is -1.52. The summed E-state index contributed by atoms with van der Waals surface area (Å²) in [6.45, 7) is 3.93. The fourth-order valence-electron chi connectivity index (χ4n) is 2.87. The number of carbonyl (C=O) groups is 2. The van der Waals surface area contributed by atoms with Gasteiger partial charge in [-0.2, -0.15) is 0 Å². The number of hydrogen-bond acceptors (Lipinski definition) is 3. The maximum atomic E-state index is 11.8. The van der Waals surface area contributed by atoms with Gasteiger partial charge in [0.05, 0.1) is 5.92 Å². The van der Waals surface area contributed by atoms with Crippen molar-refractivity contribution in [1.82, 2.24) is 4.90 Å². The summed E-state index contributed by atoms with van der Waals surface area (Å²) in [5.74, 6) is -1.03. The number of carboxylic acid groups (broad SMARTS) is 1. The number of carboxylic acids is 1. The van der Waals surface area contributed by atoms with Crippen LogP contribution < -0.4 is 0 Å². The summed E-state index contributed by atoms with van der Waals surface area (Å²) in [5, 5.41) is 9.14. The lowest BCUT2D eigenvalue weighted by Crippen LogP contribution is -2.48. The number of ether oxygens (including phenoxy) is 1. The minimum absolute atomic E-state index is 0.160. The molecule has 5 heteroatoms. The Bertz CT molecular complexity index is 341. The number of fused-ring (bicyclic) bond motifs is 2. The second-order valence-electron chi connectivity index (χ2n) is 4.69. The smallest absolute Gasteiger partial charge is 0.410 e. The molecule has 1 heterocycles. The van der Waals surface area contributed by atoms with Gasteiger partial charge >= 0.3 is 12.1 Å². The van der Waals surface area contributed by atoms with Crippen LogP contribution in [-0.2, 0) is 9.53 Å². The van der Waals surface area contributed by atoms with Crippen LogP contribution in [0.3, 0.4) is 0 Å². The molecule has 2 rings (SSSR count). The van der Waals surface area contributed by atoms with Crippen molar-refractivity contribution in [2.75, 3.05) is 13.2 Å². The molecule has 2 bridgehead atoms. The summed E-state index contributed by atoms with van der Waals surface area (Å²) < 4.78 is 4.99. The molecule has 0 spiro atoms. The third-order valence-corrected chi connectivity index (χ3v) is 3.73. The van der Waals surface area contributed by atoms with Crippen molar-refractivity contribution in [1.29, 1.82) is 0 Å². The van der Waals surface area contributed by atoms with Crippen molar-refractivity contribution < 1.29 is 19.4 Å². The molecule has 2 fully saturated rings. The molecule has 17 heavy (non-hydrogen) atoms. The van der Waals surface area contributed by atoms with Crippen LogP contribution >= 0.6 is 0 Å². The second-order valence-corrected chi connectivity index (χ2v) is 4.69. The van der Waals surface area contributed by atoms with Crippen molar-refractivity contribution in [2.24, 2.45) is 11.8 Å². The van der Waals surface area contributed by atoms with Gasteiger partial charge in [-0.3, -0.25) is 4.79 Å². The first-order valence-corrected chi connectivity index (χ1v) is 5.90. The van der Waals surface area contributed by atoms with Gasteiger partial charge in [-0.25, -0.2) is 4.79 Å². The van der Waals surface area contributed by atoms with Crippen molar-refractivity contribution in [3.63, 3.8) is 0 Å². The lowest BCUT2D eigenvalue weighted by atomic mass is 9.87. The zero-order valence-electron chi connectivity index (χ0n) is 9.67. The van der Waals surface area contributed by atoms with E-state index in [0.717, 1.165) is 19.3 Å². The normalized spacial score (nSPS) is 31.1. The quantitative estimate of drug-likeness (QED) is 0.758. The van der Waals surface area contributed by atoms with Gasteiger partial charge in [0.2, 0.25) is 0 Å². The van der Waals surface area contributed by atoms with Gasteiger partial charge in [0, 0.05) is 12.6 Å². The van der Waals surface area contributed by atoms with E-state index in [1.807, 2.05) is 0 Å². The molecule has 0 aromatic heterocycles. The number of rotatable bonds is 3. The fourth-order valence-corrected chi connectivity index (χ4v) is 2.87. The lowest BCUT2D eigenvalue weighted by molar-refractivity contribution is -0.145. The Kier molecular flexibility index (Phi) is 3.36. The second kappa shape index (κ2) is 4.77.